The molecule has 3 nitrogen and oxygen atoms in total. The minimum atomic E-state index is 0.216. The first kappa shape index (κ1) is 17.3. The van der Waals surface area contributed by atoms with Gasteiger partial charge in [0.25, 0.3) is 0 Å². The van der Waals surface area contributed by atoms with Crippen molar-refractivity contribution in [2.24, 2.45) is 0 Å². The average molecular weight is 342 g/mol. The van der Waals surface area contributed by atoms with E-state index in [2.05, 4.69) is 34.7 Å². The average Bonchev–Trinajstić information content (AvgIpc) is 2.44. The predicted octanol–water partition coefficient (Wildman–Crippen LogP) is 3.77. The molecule has 0 aliphatic carbocycles. The van der Waals surface area contributed by atoms with Gasteiger partial charge in [0, 0.05) is 29.6 Å². The largest absolute Gasteiger partial charge is 0.383 e. The van der Waals surface area contributed by atoms with E-state index in [9.17, 15) is 4.79 Å². The molecule has 0 aliphatic rings. The van der Waals surface area contributed by atoms with Gasteiger partial charge >= 0.3 is 0 Å². The zero-order valence-corrected chi connectivity index (χ0v) is 14.1. The lowest BCUT2D eigenvalue weighted by molar-refractivity contribution is 0.0925. The Hall–Kier alpha value is -0.710. The first-order valence-electron chi connectivity index (χ1n) is 7.10. The van der Waals surface area contributed by atoms with Gasteiger partial charge in [-0.3, -0.25) is 9.69 Å². The monoisotopic (exact) mass is 341 g/mol. The van der Waals surface area contributed by atoms with Gasteiger partial charge in [0.2, 0.25) is 0 Å². The number of methoxy groups -OCH3 is 1. The molecule has 0 heterocycles. The lowest BCUT2D eigenvalue weighted by Gasteiger charge is -2.27. The fraction of sp³-hybridized carbons (Fsp3) is 0.562. The van der Waals surface area contributed by atoms with Crippen LogP contribution in [0, 0.1) is 0 Å². The second kappa shape index (κ2) is 9.27. The van der Waals surface area contributed by atoms with Crippen LogP contribution in [0.25, 0.3) is 0 Å². The maximum Gasteiger partial charge on any atom is 0.162 e. The van der Waals surface area contributed by atoms with Crippen molar-refractivity contribution in [1.82, 2.24) is 4.90 Å². The smallest absolute Gasteiger partial charge is 0.162 e. The lowest BCUT2D eigenvalue weighted by atomic mass is 10.1. The number of ether oxygens (including phenoxy) is 1. The molecular formula is C16H24BrNO2. The summed E-state index contributed by atoms with van der Waals surface area (Å²) in [6.45, 7) is 6.95. The van der Waals surface area contributed by atoms with Crippen LogP contribution in [-0.2, 0) is 4.74 Å². The molecule has 0 bridgehead atoms. The topological polar surface area (TPSA) is 29.5 Å². The quantitative estimate of drug-likeness (QED) is 0.640. The van der Waals surface area contributed by atoms with Crippen molar-refractivity contribution < 1.29 is 9.53 Å². The van der Waals surface area contributed by atoms with E-state index in [4.69, 9.17) is 4.74 Å². The predicted molar refractivity (Wildman–Crippen MR) is 86.3 cm³/mol. The number of nitrogens with zero attached hydrogens (tertiary/aromatic N) is 1. The van der Waals surface area contributed by atoms with Crippen molar-refractivity contribution in [1.29, 1.82) is 0 Å². The van der Waals surface area contributed by atoms with Gasteiger partial charge < -0.3 is 4.74 Å². The second-order valence-corrected chi connectivity index (χ2v) is 5.88. The van der Waals surface area contributed by atoms with Crippen molar-refractivity contribution in [3.05, 3.63) is 34.3 Å². The highest BCUT2D eigenvalue weighted by Gasteiger charge is 2.12. The molecule has 1 atom stereocenters. The molecule has 0 aliphatic heterocycles. The normalized spacial score (nSPS) is 12.7. The molecule has 0 saturated carbocycles. The van der Waals surface area contributed by atoms with Crippen molar-refractivity contribution in [3.63, 3.8) is 0 Å². The maximum absolute atomic E-state index is 12.1. The molecule has 0 amide bonds. The molecule has 0 saturated heterocycles. The van der Waals surface area contributed by atoms with Crippen LogP contribution in [0.15, 0.2) is 28.7 Å². The highest BCUT2D eigenvalue weighted by molar-refractivity contribution is 9.10. The zero-order chi connectivity index (χ0) is 15.0. The molecule has 4 heteroatoms. The standard InChI is InChI=1S/C16H24BrNO2/c1-4-18(13(2)12-20-3)11-5-6-16(19)14-7-9-15(17)10-8-14/h7-10,13H,4-6,11-12H2,1-3H3. The van der Waals surface area contributed by atoms with E-state index in [1.54, 1.807) is 7.11 Å². The summed E-state index contributed by atoms with van der Waals surface area (Å²) >= 11 is 3.38. The summed E-state index contributed by atoms with van der Waals surface area (Å²) in [5, 5.41) is 0. The first-order valence-corrected chi connectivity index (χ1v) is 7.89. The van der Waals surface area contributed by atoms with Gasteiger partial charge in [-0.1, -0.05) is 35.0 Å². The molecule has 0 spiro atoms. The SMILES string of the molecule is CCN(CCCC(=O)c1ccc(Br)cc1)C(C)COC. The summed E-state index contributed by atoms with van der Waals surface area (Å²) in [4.78, 5) is 14.4. The van der Waals surface area contributed by atoms with Crippen molar-refractivity contribution >= 4 is 21.7 Å². The van der Waals surface area contributed by atoms with Crippen LogP contribution in [0.5, 0.6) is 0 Å². The molecule has 1 aromatic rings. The Morgan fingerprint density at radius 2 is 2.00 bits per heavy atom. The summed E-state index contributed by atoms with van der Waals surface area (Å²) in [7, 11) is 1.72. The minimum absolute atomic E-state index is 0.216. The van der Waals surface area contributed by atoms with Crippen LogP contribution in [0.4, 0.5) is 0 Å². The van der Waals surface area contributed by atoms with Gasteiger partial charge in [-0.15, -0.1) is 0 Å². The van der Waals surface area contributed by atoms with Crippen LogP contribution >= 0.6 is 15.9 Å². The first-order chi connectivity index (χ1) is 9.58. The number of carbonyl (C=O) groups is 1. The van der Waals surface area contributed by atoms with E-state index in [1.165, 1.54) is 0 Å². The molecule has 112 valence electrons. The lowest BCUT2D eigenvalue weighted by Crippen LogP contribution is -2.36. The van der Waals surface area contributed by atoms with Gasteiger partial charge in [0.05, 0.1) is 6.61 Å². The fourth-order valence-electron chi connectivity index (χ4n) is 2.26. The Labute approximate surface area is 130 Å². The minimum Gasteiger partial charge on any atom is -0.383 e. The Morgan fingerprint density at radius 3 is 2.55 bits per heavy atom. The van der Waals surface area contributed by atoms with E-state index < -0.39 is 0 Å². The van der Waals surface area contributed by atoms with Gasteiger partial charge in [-0.05, 0) is 38.6 Å². The molecule has 1 unspecified atom stereocenters. The number of benzene rings is 1. The number of hydrogen-bond donors (Lipinski definition) is 0. The Morgan fingerprint density at radius 1 is 1.35 bits per heavy atom. The molecule has 0 radical (unpaired) electrons. The van der Waals surface area contributed by atoms with Gasteiger partial charge in [-0.25, -0.2) is 0 Å². The molecule has 0 aromatic heterocycles. The van der Waals surface area contributed by atoms with Crippen molar-refractivity contribution in [2.75, 3.05) is 26.8 Å². The Bertz CT molecular complexity index is 405. The highest BCUT2D eigenvalue weighted by Crippen LogP contribution is 2.13. The number of ketones is 1. The Kier molecular flexibility index (Phi) is 8.04. The number of hydrogen-bond acceptors (Lipinski definition) is 3. The number of rotatable bonds is 9. The summed E-state index contributed by atoms with van der Waals surface area (Å²) < 4.78 is 6.18. The van der Waals surface area contributed by atoms with Gasteiger partial charge in [0.1, 0.15) is 0 Å². The second-order valence-electron chi connectivity index (χ2n) is 4.97. The van der Waals surface area contributed by atoms with Crippen molar-refractivity contribution in [3.8, 4) is 0 Å². The Balaban J connectivity index is 2.39. The van der Waals surface area contributed by atoms with E-state index in [1.807, 2.05) is 24.3 Å². The molecule has 0 N–H and O–H groups in total. The molecule has 20 heavy (non-hydrogen) atoms. The van der Waals surface area contributed by atoms with E-state index in [0.29, 0.717) is 12.5 Å². The van der Waals surface area contributed by atoms with Crippen LogP contribution in [-0.4, -0.2) is 43.5 Å². The van der Waals surface area contributed by atoms with Crippen LogP contribution < -0.4 is 0 Å². The molecule has 0 fully saturated rings. The van der Waals surface area contributed by atoms with Gasteiger partial charge in [-0.2, -0.15) is 0 Å². The number of Topliss-reactive ketones (excluding diaryl/α,β-unsaturated/α-hetero) is 1. The van der Waals surface area contributed by atoms with Crippen LogP contribution in [0.1, 0.15) is 37.0 Å². The van der Waals surface area contributed by atoms with Crippen LogP contribution in [0.2, 0.25) is 0 Å². The van der Waals surface area contributed by atoms with Crippen LogP contribution in [0.3, 0.4) is 0 Å². The third-order valence-electron chi connectivity index (χ3n) is 3.45. The summed E-state index contributed by atoms with van der Waals surface area (Å²) in [5.74, 6) is 0.216. The fourth-order valence-corrected chi connectivity index (χ4v) is 2.52. The van der Waals surface area contributed by atoms with Gasteiger partial charge in [0.15, 0.2) is 5.78 Å². The molecule has 1 aromatic carbocycles. The van der Waals surface area contributed by atoms with E-state index >= 15 is 0 Å². The third kappa shape index (κ3) is 5.73. The molecular weight excluding hydrogens is 318 g/mol. The van der Waals surface area contributed by atoms with Crippen molar-refractivity contribution in [2.45, 2.75) is 32.7 Å². The number of halogens is 1. The summed E-state index contributed by atoms with van der Waals surface area (Å²) in [6, 6.07) is 7.96. The summed E-state index contributed by atoms with van der Waals surface area (Å²) in [6.07, 6.45) is 1.48. The molecule has 1 rings (SSSR count). The zero-order valence-electron chi connectivity index (χ0n) is 12.6. The van der Waals surface area contributed by atoms with E-state index in [-0.39, 0.29) is 5.78 Å². The maximum atomic E-state index is 12.1. The number of carbonyl (C=O) groups excluding carboxylic acids is 1. The number of likely N-dealkylation sites (N-methyl/N-ethyl adjacent to an activating group) is 1. The third-order valence-corrected chi connectivity index (χ3v) is 3.98. The van der Waals surface area contributed by atoms with E-state index in [0.717, 1.165) is 36.2 Å². The summed E-state index contributed by atoms with van der Waals surface area (Å²) in [5.41, 5.74) is 0.793. The highest BCUT2D eigenvalue weighted by atomic mass is 79.9.